The van der Waals surface area contributed by atoms with Crippen molar-refractivity contribution in [1.82, 2.24) is 0 Å². The van der Waals surface area contributed by atoms with Gasteiger partial charge >= 0.3 is 0 Å². The van der Waals surface area contributed by atoms with Gasteiger partial charge in [-0.1, -0.05) is 25.5 Å². The summed E-state index contributed by atoms with van der Waals surface area (Å²) >= 11 is 0. The Morgan fingerprint density at radius 1 is 1.22 bits per heavy atom. The quantitative estimate of drug-likeness (QED) is 0.454. The lowest BCUT2D eigenvalue weighted by atomic mass is 10.1. The molecule has 0 spiro atoms. The molecule has 6 nitrogen and oxygen atoms in total. The summed E-state index contributed by atoms with van der Waals surface area (Å²) in [5, 5.41) is 12.0. The minimum absolute atomic E-state index is 0.00678. The van der Waals surface area contributed by atoms with E-state index in [0.29, 0.717) is 23.8 Å². The molecule has 1 aliphatic heterocycles. The second-order valence-corrected chi connectivity index (χ2v) is 5.96. The molecule has 1 heterocycles. The van der Waals surface area contributed by atoms with Crippen LogP contribution in [0.5, 0.6) is 17.2 Å². The van der Waals surface area contributed by atoms with Gasteiger partial charge in [-0.3, -0.25) is 4.79 Å². The number of unbranched alkanes of at least 4 members (excludes halogenated alkanes) is 1. The third kappa shape index (κ3) is 4.79. The zero-order valence-corrected chi connectivity index (χ0v) is 15.0. The number of carbonyl (C=O) groups is 1. The van der Waals surface area contributed by atoms with Crippen LogP contribution in [0.25, 0.3) is 6.08 Å². The average Bonchev–Trinajstić information content (AvgIpc) is 3.15. The maximum Gasteiger partial charge on any atom is 0.266 e. The third-order valence-corrected chi connectivity index (χ3v) is 3.95. The van der Waals surface area contributed by atoms with Gasteiger partial charge in [-0.15, -0.1) is 0 Å². The smallest absolute Gasteiger partial charge is 0.266 e. The maximum absolute atomic E-state index is 12.4. The van der Waals surface area contributed by atoms with Crippen molar-refractivity contribution in [2.45, 2.75) is 19.8 Å². The van der Waals surface area contributed by atoms with E-state index in [4.69, 9.17) is 14.2 Å². The second-order valence-electron chi connectivity index (χ2n) is 5.96. The molecule has 0 radical (unpaired) electrons. The number of amides is 1. The molecule has 0 saturated carbocycles. The van der Waals surface area contributed by atoms with Crippen molar-refractivity contribution in [1.29, 1.82) is 5.26 Å². The van der Waals surface area contributed by atoms with E-state index in [1.54, 1.807) is 18.2 Å². The molecule has 1 N–H and O–H groups in total. The Balaban J connectivity index is 1.66. The van der Waals surface area contributed by atoms with Gasteiger partial charge in [-0.25, -0.2) is 0 Å². The molecule has 0 unspecified atom stereocenters. The molecule has 27 heavy (non-hydrogen) atoms. The molecule has 3 rings (SSSR count). The summed E-state index contributed by atoms with van der Waals surface area (Å²) in [6.45, 7) is 2.94. The summed E-state index contributed by atoms with van der Waals surface area (Å²) in [6, 6.07) is 14.3. The summed E-state index contributed by atoms with van der Waals surface area (Å²) in [7, 11) is 0. The average molecular weight is 364 g/mol. The molecule has 0 aliphatic carbocycles. The molecule has 0 bridgehead atoms. The molecule has 1 amide bonds. The standard InChI is InChI=1S/C21H20N2O4/c1-2-3-10-25-18-7-4-15(5-8-18)11-16(13-22)21(24)23-17-6-9-19-20(12-17)27-14-26-19/h4-9,11-12H,2-3,10,14H2,1H3,(H,23,24)/b16-11+. The number of benzene rings is 2. The lowest BCUT2D eigenvalue weighted by Crippen LogP contribution is -2.13. The Labute approximate surface area is 158 Å². The number of hydrogen-bond donors (Lipinski definition) is 1. The van der Waals surface area contributed by atoms with Crippen LogP contribution in [0.15, 0.2) is 48.0 Å². The number of nitrogens with one attached hydrogen (secondary N) is 1. The van der Waals surface area contributed by atoms with Crippen molar-refractivity contribution >= 4 is 17.7 Å². The first-order valence-electron chi connectivity index (χ1n) is 8.75. The Morgan fingerprint density at radius 3 is 2.74 bits per heavy atom. The predicted octanol–water partition coefficient (Wildman–Crippen LogP) is 4.14. The van der Waals surface area contributed by atoms with Crippen molar-refractivity contribution in [2.24, 2.45) is 0 Å². The normalized spacial score (nSPS) is 12.4. The van der Waals surface area contributed by atoms with E-state index >= 15 is 0 Å². The molecule has 138 valence electrons. The highest BCUT2D eigenvalue weighted by atomic mass is 16.7. The fourth-order valence-corrected chi connectivity index (χ4v) is 2.48. The Morgan fingerprint density at radius 2 is 2.00 bits per heavy atom. The van der Waals surface area contributed by atoms with Crippen molar-refractivity contribution in [3.8, 4) is 23.3 Å². The summed E-state index contributed by atoms with van der Waals surface area (Å²) < 4.78 is 16.1. The summed E-state index contributed by atoms with van der Waals surface area (Å²) in [6.07, 6.45) is 3.61. The molecule has 6 heteroatoms. The minimum atomic E-state index is -0.486. The number of anilines is 1. The summed E-state index contributed by atoms with van der Waals surface area (Å²) in [5.41, 5.74) is 1.28. The lowest BCUT2D eigenvalue weighted by molar-refractivity contribution is -0.112. The first-order chi connectivity index (χ1) is 13.2. The Bertz CT molecular complexity index is 882. The molecule has 1 aliphatic rings. The van der Waals surface area contributed by atoms with E-state index in [9.17, 15) is 10.1 Å². The zero-order valence-electron chi connectivity index (χ0n) is 15.0. The number of hydrogen-bond acceptors (Lipinski definition) is 5. The molecule has 0 fully saturated rings. The molecule has 2 aromatic rings. The minimum Gasteiger partial charge on any atom is -0.494 e. The first kappa shape index (κ1) is 18.3. The van der Waals surface area contributed by atoms with Crippen LogP contribution in [0.3, 0.4) is 0 Å². The molecule has 0 atom stereocenters. The van der Waals surface area contributed by atoms with Gasteiger partial charge in [0.2, 0.25) is 6.79 Å². The molecular weight excluding hydrogens is 344 g/mol. The largest absolute Gasteiger partial charge is 0.494 e. The number of carbonyl (C=O) groups excluding carboxylic acids is 1. The van der Waals surface area contributed by atoms with Crippen molar-refractivity contribution in [3.05, 3.63) is 53.6 Å². The molecule has 0 aromatic heterocycles. The number of fused-ring (bicyclic) bond motifs is 1. The SMILES string of the molecule is CCCCOc1ccc(/C=C(\C#N)C(=O)Nc2ccc3c(c2)OCO3)cc1. The van der Waals surface area contributed by atoms with Crippen molar-refractivity contribution in [3.63, 3.8) is 0 Å². The Hall–Kier alpha value is -3.46. The molecule has 2 aromatic carbocycles. The van der Waals surface area contributed by atoms with Gasteiger partial charge in [-0.05, 0) is 42.3 Å². The summed E-state index contributed by atoms with van der Waals surface area (Å²) in [5.74, 6) is 1.47. The third-order valence-electron chi connectivity index (χ3n) is 3.95. The van der Waals surface area contributed by atoms with E-state index < -0.39 is 5.91 Å². The van der Waals surface area contributed by atoms with Crippen molar-refractivity contribution < 1.29 is 19.0 Å². The first-order valence-corrected chi connectivity index (χ1v) is 8.75. The van der Waals surface area contributed by atoms with Gasteiger partial charge in [0, 0.05) is 11.8 Å². The highest BCUT2D eigenvalue weighted by molar-refractivity contribution is 6.09. The van der Waals surface area contributed by atoms with Crippen LogP contribution in [-0.4, -0.2) is 19.3 Å². The highest BCUT2D eigenvalue weighted by Gasteiger charge is 2.15. The van der Waals surface area contributed by atoms with Crippen LogP contribution in [0, 0.1) is 11.3 Å². The van der Waals surface area contributed by atoms with E-state index in [0.717, 1.165) is 24.2 Å². The van der Waals surface area contributed by atoms with Gasteiger partial charge in [-0.2, -0.15) is 5.26 Å². The fraction of sp³-hybridized carbons (Fsp3) is 0.238. The van der Waals surface area contributed by atoms with Gasteiger partial charge < -0.3 is 19.5 Å². The van der Waals surface area contributed by atoms with Crippen LogP contribution < -0.4 is 19.5 Å². The Kier molecular flexibility index (Phi) is 5.95. The second kappa shape index (κ2) is 8.77. The topological polar surface area (TPSA) is 80.6 Å². The van der Waals surface area contributed by atoms with Gasteiger partial charge in [0.15, 0.2) is 11.5 Å². The van der Waals surface area contributed by atoms with Crippen LogP contribution in [0.1, 0.15) is 25.3 Å². The predicted molar refractivity (Wildman–Crippen MR) is 102 cm³/mol. The van der Waals surface area contributed by atoms with Crippen LogP contribution in [0.4, 0.5) is 5.69 Å². The van der Waals surface area contributed by atoms with Crippen LogP contribution in [0.2, 0.25) is 0 Å². The molecular formula is C21H20N2O4. The zero-order chi connectivity index (χ0) is 19.1. The number of rotatable bonds is 7. The number of nitriles is 1. The monoisotopic (exact) mass is 364 g/mol. The highest BCUT2D eigenvalue weighted by Crippen LogP contribution is 2.34. The van der Waals surface area contributed by atoms with E-state index in [-0.39, 0.29) is 12.4 Å². The fourth-order valence-electron chi connectivity index (χ4n) is 2.48. The van der Waals surface area contributed by atoms with Crippen molar-refractivity contribution in [2.75, 3.05) is 18.7 Å². The number of ether oxygens (including phenoxy) is 3. The van der Waals surface area contributed by atoms with Gasteiger partial charge in [0.1, 0.15) is 17.4 Å². The van der Waals surface area contributed by atoms with E-state index in [1.807, 2.05) is 30.3 Å². The van der Waals surface area contributed by atoms with Gasteiger partial charge in [0.25, 0.3) is 5.91 Å². The van der Waals surface area contributed by atoms with E-state index in [1.165, 1.54) is 6.08 Å². The maximum atomic E-state index is 12.4. The van der Waals surface area contributed by atoms with Crippen LogP contribution in [-0.2, 0) is 4.79 Å². The molecule has 0 saturated heterocycles. The van der Waals surface area contributed by atoms with Gasteiger partial charge in [0.05, 0.1) is 6.61 Å². The van der Waals surface area contributed by atoms with Crippen LogP contribution >= 0.6 is 0 Å². The van der Waals surface area contributed by atoms with E-state index in [2.05, 4.69) is 12.2 Å². The lowest BCUT2D eigenvalue weighted by Gasteiger charge is -2.06. The number of nitrogens with zero attached hydrogens (tertiary/aromatic N) is 1. The summed E-state index contributed by atoms with van der Waals surface area (Å²) in [4.78, 5) is 12.4.